The van der Waals surface area contributed by atoms with E-state index in [4.69, 9.17) is 10.5 Å². The number of rotatable bonds is 4. The van der Waals surface area contributed by atoms with E-state index < -0.39 is 0 Å². The van der Waals surface area contributed by atoms with Crippen molar-refractivity contribution >= 4 is 11.6 Å². The highest BCUT2D eigenvalue weighted by Gasteiger charge is 2.13. The zero-order valence-corrected chi connectivity index (χ0v) is 9.99. The molecule has 0 spiro atoms. The van der Waals surface area contributed by atoms with Gasteiger partial charge >= 0.3 is 0 Å². The predicted octanol–water partition coefficient (Wildman–Crippen LogP) is 1.30. The summed E-state index contributed by atoms with van der Waals surface area (Å²) in [7, 11) is 3.35. The Kier molecular flexibility index (Phi) is 4.31. The van der Waals surface area contributed by atoms with Gasteiger partial charge in [-0.2, -0.15) is 0 Å². The first kappa shape index (κ1) is 12.5. The Bertz CT molecular complexity index is 377. The van der Waals surface area contributed by atoms with Crippen LogP contribution in [0.3, 0.4) is 0 Å². The van der Waals surface area contributed by atoms with Crippen molar-refractivity contribution in [2.45, 2.75) is 6.92 Å². The molecule has 1 amide bonds. The molecule has 0 unspecified atom stereocenters. The third-order valence-corrected chi connectivity index (χ3v) is 2.41. The van der Waals surface area contributed by atoms with Crippen molar-refractivity contribution in [2.75, 3.05) is 33.0 Å². The van der Waals surface area contributed by atoms with Crippen LogP contribution in [0.15, 0.2) is 18.2 Å². The molecule has 1 aromatic carbocycles. The molecule has 2 N–H and O–H groups in total. The second-order valence-corrected chi connectivity index (χ2v) is 3.81. The van der Waals surface area contributed by atoms with E-state index in [0.29, 0.717) is 24.4 Å². The van der Waals surface area contributed by atoms with Gasteiger partial charge in [0.05, 0.1) is 12.2 Å². The van der Waals surface area contributed by atoms with Crippen LogP contribution in [0.4, 0.5) is 5.69 Å². The fourth-order valence-corrected chi connectivity index (χ4v) is 1.41. The zero-order valence-electron chi connectivity index (χ0n) is 9.99. The molecule has 1 rings (SSSR count). The summed E-state index contributed by atoms with van der Waals surface area (Å²) >= 11 is 0. The monoisotopic (exact) mass is 222 g/mol. The molecule has 4 heteroatoms. The summed E-state index contributed by atoms with van der Waals surface area (Å²) in [6.07, 6.45) is 0. The highest BCUT2D eigenvalue weighted by atomic mass is 16.5. The van der Waals surface area contributed by atoms with Crippen LogP contribution < -0.4 is 5.73 Å². The lowest BCUT2D eigenvalue weighted by atomic mass is 10.1. The van der Waals surface area contributed by atoms with Crippen LogP contribution in [-0.4, -0.2) is 38.1 Å². The third kappa shape index (κ3) is 2.97. The number of nitrogens with two attached hydrogens (primary N) is 1. The standard InChI is InChI=1S/C12H18N2O2/c1-9-4-5-10(11(13)8-9)12(15)14(2)6-7-16-3/h4-5,8H,6-7,13H2,1-3H3. The average molecular weight is 222 g/mol. The van der Waals surface area contributed by atoms with Crippen molar-refractivity contribution in [3.63, 3.8) is 0 Å². The molecule has 0 saturated carbocycles. The third-order valence-electron chi connectivity index (χ3n) is 2.41. The van der Waals surface area contributed by atoms with Crippen molar-refractivity contribution in [1.82, 2.24) is 4.90 Å². The number of hydrogen-bond donors (Lipinski definition) is 1. The van der Waals surface area contributed by atoms with Gasteiger partial charge in [0.25, 0.3) is 5.91 Å². The van der Waals surface area contributed by atoms with E-state index in [1.54, 1.807) is 31.2 Å². The topological polar surface area (TPSA) is 55.6 Å². The Balaban J connectivity index is 2.79. The van der Waals surface area contributed by atoms with Gasteiger partial charge < -0.3 is 15.4 Å². The number of benzene rings is 1. The molecule has 4 nitrogen and oxygen atoms in total. The summed E-state index contributed by atoms with van der Waals surface area (Å²) in [6.45, 7) is 3.02. The molecular weight excluding hydrogens is 204 g/mol. The number of methoxy groups -OCH3 is 1. The number of anilines is 1. The zero-order chi connectivity index (χ0) is 12.1. The maximum absolute atomic E-state index is 12.0. The molecule has 0 atom stereocenters. The molecule has 0 heterocycles. The van der Waals surface area contributed by atoms with Gasteiger partial charge in [-0.3, -0.25) is 4.79 Å². The maximum Gasteiger partial charge on any atom is 0.255 e. The van der Waals surface area contributed by atoms with Crippen LogP contribution >= 0.6 is 0 Å². The predicted molar refractivity (Wildman–Crippen MR) is 64.4 cm³/mol. The summed E-state index contributed by atoms with van der Waals surface area (Å²) in [5, 5.41) is 0. The van der Waals surface area contributed by atoms with Gasteiger partial charge in [-0.1, -0.05) is 6.07 Å². The molecule has 0 aromatic heterocycles. The summed E-state index contributed by atoms with van der Waals surface area (Å²) < 4.78 is 4.92. The number of hydrogen-bond acceptors (Lipinski definition) is 3. The van der Waals surface area contributed by atoms with Crippen molar-refractivity contribution in [3.05, 3.63) is 29.3 Å². The molecule has 16 heavy (non-hydrogen) atoms. The van der Waals surface area contributed by atoms with Gasteiger partial charge in [-0.25, -0.2) is 0 Å². The fraction of sp³-hybridized carbons (Fsp3) is 0.417. The lowest BCUT2D eigenvalue weighted by molar-refractivity contribution is 0.0745. The van der Waals surface area contributed by atoms with Crippen molar-refractivity contribution in [2.24, 2.45) is 0 Å². The molecule has 88 valence electrons. The van der Waals surface area contributed by atoms with Crippen molar-refractivity contribution in [1.29, 1.82) is 0 Å². The Morgan fingerprint density at radius 2 is 2.19 bits per heavy atom. The Hall–Kier alpha value is -1.55. The number of aryl methyl sites for hydroxylation is 1. The van der Waals surface area contributed by atoms with Crippen LogP contribution in [-0.2, 0) is 4.74 Å². The number of amides is 1. The molecule has 0 aliphatic heterocycles. The summed E-state index contributed by atoms with van der Waals surface area (Å²) in [6, 6.07) is 5.45. The minimum Gasteiger partial charge on any atom is -0.398 e. The van der Waals surface area contributed by atoms with Gasteiger partial charge in [-0.05, 0) is 24.6 Å². The van der Waals surface area contributed by atoms with Gasteiger partial charge in [0.2, 0.25) is 0 Å². The average Bonchev–Trinajstić information content (AvgIpc) is 2.25. The number of carbonyl (C=O) groups is 1. The van der Waals surface area contributed by atoms with Crippen LogP contribution in [0.25, 0.3) is 0 Å². The van der Waals surface area contributed by atoms with E-state index in [1.165, 1.54) is 0 Å². The first-order valence-corrected chi connectivity index (χ1v) is 5.16. The smallest absolute Gasteiger partial charge is 0.255 e. The molecule has 1 aromatic rings. The van der Waals surface area contributed by atoms with E-state index in [2.05, 4.69) is 0 Å². The van der Waals surface area contributed by atoms with Gasteiger partial charge in [0.1, 0.15) is 0 Å². The first-order chi connectivity index (χ1) is 7.56. The summed E-state index contributed by atoms with van der Waals surface area (Å²) in [5.41, 5.74) is 7.93. The van der Waals surface area contributed by atoms with Gasteiger partial charge in [0, 0.05) is 26.4 Å². The number of carbonyl (C=O) groups excluding carboxylic acids is 1. The number of ether oxygens (including phenoxy) is 1. The van der Waals surface area contributed by atoms with E-state index in [9.17, 15) is 4.79 Å². The highest BCUT2D eigenvalue weighted by molar-refractivity contribution is 5.99. The van der Waals surface area contributed by atoms with Crippen LogP contribution in [0.5, 0.6) is 0 Å². The second-order valence-electron chi connectivity index (χ2n) is 3.81. The quantitative estimate of drug-likeness (QED) is 0.781. The summed E-state index contributed by atoms with van der Waals surface area (Å²) in [5.74, 6) is -0.0745. The Morgan fingerprint density at radius 1 is 1.50 bits per heavy atom. The molecule has 0 aliphatic rings. The number of nitrogens with zero attached hydrogens (tertiary/aromatic N) is 1. The lowest BCUT2D eigenvalue weighted by Gasteiger charge is -2.17. The lowest BCUT2D eigenvalue weighted by Crippen LogP contribution is -2.30. The van der Waals surface area contributed by atoms with Crippen molar-refractivity contribution in [3.8, 4) is 0 Å². The Morgan fingerprint density at radius 3 is 2.75 bits per heavy atom. The maximum atomic E-state index is 12.0. The molecular formula is C12H18N2O2. The molecule has 0 aliphatic carbocycles. The normalized spacial score (nSPS) is 10.2. The largest absolute Gasteiger partial charge is 0.398 e. The number of nitrogen functional groups attached to an aromatic ring is 1. The van der Waals surface area contributed by atoms with Crippen LogP contribution in [0, 0.1) is 6.92 Å². The molecule has 0 bridgehead atoms. The van der Waals surface area contributed by atoms with E-state index in [0.717, 1.165) is 5.56 Å². The van der Waals surface area contributed by atoms with Crippen LogP contribution in [0.1, 0.15) is 15.9 Å². The van der Waals surface area contributed by atoms with E-state index >= 15 is 0 Å². The van der Waals surface area contributed by atoms with Gasteiger partial charge in [-0.15, -0.1) is 0 Å². The molecule has 0 fully saturated rings. The molecule has 0 radical (unpaired) electrons. The van der Waals surface area contributed by atoms with Crippen molar-refractivity contribution < 1.29 is 9.53 Å². The second kappa shape index (κ2) is 5.51. The fourth-order valence-electron chi connectivity index (χ4n) is 1.41. The SMILES string of the molecule is COCCN(C)C(=O)c1ccc(C)cc1N. The van der Waals surface area contributed by atoms with E-state index in [-0.39, 0.29) is 5.91 Å². The number of likely N-dealkylation sites (N-methyl/N-ethyl adjacent to an activating group) is 1. The minimum absolute atomic E-state index is 0.0745. The summed E-state index contributed by atoms with van der Waals surface area (Å²) in [4.78, 5) is 13.6. The van der Waals surface area contributed by atoms with Gasteiger partial charge in [0.15, 0.2) is 0 Å². The minimum atomic E-state index is -0.0745. The molecule has 0 saturated heterocycles. The highest BCUT2D eigenvalue weighted by Crippen LogP contribution is 2.15. The van der Waals surface area contributed by atoms with Crippen LogP contribution in [0.2, 0.25) is 0 Å². The van der Waals surface area contributed by atoms with E-state index in [1.807, 2.05) is 13.0 Å². The first-order valence-electron chi connectivity index (χ1n) is 5.16. The Labute approximate surface area is 96.0 Å².